The zero-order valence-corrected chi connectivity index (χ0v) is 11.9. The van der Waals surface area contributed by atoms with Crippen molar-refractivity contribution in [3.63, 3.8) is 0 Å². The molecule has 0 atom stereocenters. The molecule has 7 heteroatoms. The molecule has 2 rings (SSSR count). The van der Waals surface area contributed by atoms with E-state index in [0.717, 1.165) is 0 Å². The van der Waals surface area contributed by atoms with Gasteiger partial charge in [-0.05, 0) is 36.4 Å². The minimum atomic E-state index is -1.17. The molecule has 1 amide bonds. The highest BCUT2D eigenvalue weighted by molar-refractivity contribution is 6.31. The van der Waals surface area contributed by atoms with Crippen LogP contribution in [0.5, 0.6) is 5.75 Å². The van der Waals surface area contributed by atoms with Crippen molar-refractivity contribution in [1.82, 2.24) is 0 Å². The number of hydrogen-bond donors (Lipinski definition) is 3. The van der Waals surface area contributed by atoms with Crippen LogP contribution in [0.25, 0.3) is 0 Å². The van der Waals surface area contributed by atoms with Gasteiger partial charge in [0.15, 0.2) is 0 Å². The number of halogens is 2. The maximum Gasteiger partial charge on any atom is 0.335 e. The summed E-state index contributed by atoms with van der Waals surface area (Å²) < 4.78 is 0. The third-order valence-electron chi connectivity index (χ3n) is 2.61. The summed E-state index contributed by atoms with van der Waals surface area (Å²) in [5.74, 6) is -2.04. The van der Waals surface area contributed by atoms with Crippen LogP contribution < -0.4 is 5.32 Å². The second-order valence-corrected chi connectivity index (χ2v) is 5.02. The lowest BCUT2D eigenvalue weighted by molar-refractivity contribution is 0.0696. The van der Waals surface area contributed by atoms with Gasteiger partial charge in [0.05, 0.1) is 11.1 Å². The first-order chi connectivity index (χ1) is 9.86. The Labute approximate surface area is 129 Å². The summed E-state index contributed by atoms with van der Waals surface area (Å²) in [5.41, 5.74) is 0.108. The number of amides is 1. The van der Waals surface area contributed by atoms with Gasteiger partial charge in [0.2, 0.25) is 0 Å². The number of carboxylic acid groups (broad SMARTS) is 1. The zero-order valence-electron chi connectivity index (χ0n) is 10.4. The van der Waals surface area contributed by atoms with Crippen LogP contribution in [-0.2, 0) is 0 Å². The number of phenols is 1. The highest BCUT2D eigenvalue weighted by Crippen LogP contribution is 2.24. The van der Waals surface area contributed by atoms with Gasteiger partial charge in [-0.15, -0.1) is 0 Å². The number of carboxylic acids is 1. The van der Waals surface area contributed by atoms with Crippen molar-refractivity contribution in [2.45, 2.75) is 0 Å². The smallest absolute Gasteiger partial charge is 0.335 e. The monoisotopic (exact) mass is 325 g/mol. The number of benzene rings is 2. The van der Waals surface area contributed by atoms with Crippen LogP contribution in [0.4, 0.5) is 5.69 Å². The van der Waals surface area contributed by atoms with Crippen LogP contribution in [0.1, 0.15) is 20.7 Å². The number of phenolic OH excluding ortho intramolecular Hbond substituents is 1. The van der Waals surface area contributed by atoms with Gasteiger partial charge in [-0.2, -0.15) is 0 Å². The molecule has 5 nitrogen and oxygen atoms in total. The topological polar surface area (TPSA) is 86.6 Å². The molecule has 0 aromatic heterocycles. The molecule has 2 aromatic carbocycles. The summed E-state index contributed by atoms with van der Waals surface area (Å²) in [6.07, 6.45) is 0. The van der Waals surface area contributed by atoms with E-state index in [0.29, 0.717) is 0 Å². The Morgan fingerprint density at radius 3 is 2.38 bits per heavy atom. The van der Waals surface area contributed by atoms with Crippen molar-refractivity contribution in [3.8, 4) is 5.75 Å². The lowest BCUT2D eigenvalue weighted by Crippen LogP contribution is -2.12. The molecule has 0 radical (unpaired) electrons. The van der Waals surface area contributed by atoms with E-state index < -0.39 is 11.9 Å². The summed E-state index contributed by atoms with van der Waals surface area (Å²) in [4.78, 5) is 23.0. The fourth-order valence-electron chi connectivity index (χ4n) is 1.67. The Balaban J connectivity index is 2.31. The van der Waals surface area contributed by atoms with E-state index in [-0.39, 0.29) is 32.6 Å². The quantitative estimate of drug-likeness (QED) is 0.803. The number of carbonyl (C=O) groups excluding carboxylic acids is 1. The number of aromatic carboxylic acids is 1. The summed E-state index contributed by atoms with van der Waals surface area (Å²) in [7, 11) is 0. The van der Waals surface area contributed by atoms with Crippen molar-refractivity contribution >= 4 is 40.8 Å². The molecule has 0 saturated heterocycles. The normalized spacial score (nSPS) is 10.2. The molecular weight excluding hydrogens is 317 g/mol. The molecule has 0 aliphatic heterocycles. The average Bonchev–Trinajstić information content (AvgIpc) is 2.40. The van der Waals surface area contributed by atoms with Gasteiger partial charge in [-0.3, -0.25) is 4.79 Å². The fraction of sp³-hybridized carbons (Fsp3) is 0. The minimum absolute atomic E-state index is 0.0284. The van der Waals surface area contributed by atoms with Crippen LogP contribution in [0.3, 0.4) is 0 Å². The number of aromatic hydroxyl groups is 1. The lowest BCUT2D eigenvalue weighted by atomic mass is 10.1. The minimum Gasteiger partial charge on any atom is -0.507 e. The molecule has 0 aliphatic rings. The Kier molecular flexibility index (Phi) is 4.35. The SMILES string of the molecule is O=C(O)c1cc(Cl)cc(NC(=O)c2cc(Cl)ccc2O)c1. The molecular formula is C14H9Cl2NO4. The van der Waals surface area contributed by atoms with Crippen molar-refractivity contribution in [2.75, 3.05) is 5.32 Å². The Morgan fingerprint density at radius 1 is 1.00 bits per heavy atom. The van der Waals surface area contributed by atoms with Crippen molar-refractivity contribution < 1.29 is 19.8 Å². The molecule has 0 spiro atoms. The number of rotatable bonds is 3. The van der Waals surface area contributed by atoms with Gasteiger partial charge < -0.3 is 15.5 Å². The van der Waals surface area contributed by atoms with Gasteiger partial charge in [0.25, 0.3) is 5.91 Å². The first-order valence-corrected chi connectivity index (χ1v) is 6.46. The van der Waals surface area contributed by atoms with E-state index in [2.05, 4.69) is 5.32 Å². The molecule has 0 unspecified atom stereocenters. The van der Waals surface area contributed by atoms with E-state index in [1.54, 1.807) is 0 Å². The van der Waals surface area contributed by atoms with E-state index in [1.807, 2.05) is 0 Å². The van der Waals surface area contributed by atoms with Crippen LogP contribution >= 0.6 is 23.2 Å². The average molecular weight is 326 g/mol. The summed E-state index contributed by atoms with van der Waals surface area (Å²) in [5, 5.41) is 21.5. The molecule has 3 N–H and O–H groups in total. The Hall–Kier alpha value is -2.24. The summed E-state index contributed by atoms with van der Waals surface area (Å²) in [6, 6.07) is 7.94. The van der Waals surface area contributed by atoms with E-state index in [9.17, 15) is 14.7 Å². The second kappa shape index (κ2) is 6.03. The Morgan fingerprint density at radius 2 is 1.71 bits per heavy atom. The van der Waals surface area contributed by atoms with E-state index in [4.69, 9.17) is 28.3 Å². The number of carbonyl (C=O) groups is 2. The van der Waals surface area contributed by atoms with Gasteiger partial charge in [-0.1, -0.05) is 23.2 Å². The zero-order chi connectivity index (χ0) is 15.6. The fourth-order valence-corrected chi connectivity index (χ4v) is 2.08. The van der Waals surface area contributed by atoms with Crippen LogP contribution in [0.15, 0.2) is 36.4 Å². The number of anilines is 1. The molecule has 0 heterocycles. The lowest BCUT2D eigenvalue weighted by Gasteiger charge is -2.08. The van der Waals surface area contributed by atoms with Crippen LogP contribution in [-0.4, -0.2) is 22.1 Å². The Bertz CT molecular complexity index is 731. The standard InChI is InChI=1S/C14H9Cl2NO4/c15-8-1-2-12(18)11(6-8)13(19)17-10-4-7(14(20)21)3-9(16)5-10/h1-6,18H,(H,17,19)(H,20,21). The predicted octanol–water partition coefficient (Wildman–Crippen LogP) is 3.65. The van der Waals surface area contributed by atoms with Crippen LogP contribution in [0, 0.1) is 0 Å². The third-order valence-corrected chi connectivity index (χ3v) is 3.06. The summed E-state index contributed by atoms with van der Waals surface area (Å²) in [6.45, 7) is 0. The van der Waals surface area contributed by atoms with Gasteiger partial charge in [0, 0.05) is 15.7 Å². The first kappa shape index (κ1) is 15.2. The van der Waals surface area contributed by atoms with Crippen molar-refractivity contribution in [2.24, 2.45) is 0 Å². The largest absolute Gasteiger partial charge is 0.507 e. The molecule has 0 saturated carbocycles. The first-order valence-electron chi connectivity index (χ1n) is 5.70. The number of hydrogen-bond acceptors (Lipinski definition) is 3. The third kappa shape index (κ3) is 3.65. The highest BCUT2D eigenvalue weighted by Gasteiger charge is 2.14. The molecule has 2 aromatic rings. The van der Waals surface area contributed by atoms with Crippen molar-refractivity contribution in [3.05, 3.63) is 57.6 Å². The molecule has 21 heavy (non-hydrogen) atoms. The second-order valence-electron chi connectivity index (χ2n) is 4.15. The highest BCUT2D eigenvalue weighted by atomic mass is 35.5. The summed E-state index contributed by atoms with van der Waals surface area (Å²) >= 11 is 11.6. The van der Waals surface area contributed by atoms with Crippen molar-refractivity contribution in [1.29, 1.82) is 0 Å². The molecule has 0 bridgehead atoms. The maximum atomic E-state index is 12.1. The molecule has 108 valence electrons. The van der Waals surface area contributed by atoms with Gasteiger partial charge >= 0.3 is 5.97 Å². The van der Waals surface area contributed by atoms with Gasteiger partial charge in [0.1, 0.15) is 5.75 Å². The van der Waals surface area contributed by atoms with E-state index >= 15 is 0 Å². The van der Waals surface area contributed by atoms with E-state index in [1.165, 1.54) is 36.4 Å². The molecule has 0 aliphatic carbocycles. The van der Waals surface area contributed by atoms with Crippen LogP contribution in [0.2, 0.25) is 10.0 Å². The number of nitrogens with one attached hydrogen (secondary N) is 1. The predicted molar refractivity (Wildman–Crippen MR) is 79.5 cm³/mol. The maximum absolute atomic E-state index is 12.1. The van der Waals surface area contributed by atoms with Gasteiger partial charge in [-0.25, -0.2) is 4.79 Å². The molecule has 0 fully saturated rings.